The highest BCUT2D eigenvalue weighted by Crippen LogP contribution is 2.36. The summed E-state index contributed by atoms with van der Waals surface area (Å²) in [6.45, 7) is 3.57. The Bertz CT molecular complexity index is 540. The lowest BCUT2D eigenvalue weighted by Crippen LogP contribution is -2.39. The maximum atomic E-state index is 12.3. The van der Waals surface area contributed by atoms with Gasteiger partial charge in [0.05, 0.1) is 6.10 Å². The van der Waals surface area contributed by atoms with Crippen LogP contribution in [0.2, 0.25) is 0 Å². The lowest BCUT2D eigenvalue weighted by Gasteiger charge is -2.34. The highest BCUT2D eigenvalue weighted by Gasteiger charge is 2.29. The summed E-state index contributed by atoms with van der Waals surface area (Å²) in [5.41, 5.74) is 2.22. The Kier molecular flexibility index (Phi) is 4.63. The first-order valence-corrected chi connectivity index (χ1v) is 8.35. The molecule has 3 heteroatoms. The van der Waals surface area contributed by atoms with Gasteiger partial charge in [0, 0.05) is 19.2 Å². The number of aliphatic hydroxyl groups is 1. The molecular formula is C19H25NO2. The molecule has 1 atom stereocenters. The van der Waals surface area contributed by atoms with Crippen LogP contribution in [-0.4, -0.2) is 29.0 Å². The van der Waals surface area contributed by atoms with Gasteiger partial charge in [0.15, 0.2) is 0 Å². The molecule has 1 aliphatic heterocycles. The van der Waals surface area contributed by atoms with E-state index in [1.807, 2.05) is 41.3 Å². The van der Waals surface area contributed by atoms with Crippen LogP contribution in [0.3, 0.4) is 0 Å². The molecule has 22 heavy (non-hydrogen) atoms. The molecule has 1 saturated carbocycles. The number of allylic oxidation sites excluding steroid dienone is 1. The fourth-order valence-corrected chi connectivity index (χ4v) is 3.30. The quantitative estimate of drug-likeness (QED) is 0.867. The number of benzene rings is 1. The highest BCUT2D eigenvalue weighted by molar-refractivity contribution is 5.88. The molecule has 1 aromatic carbocycles. The van der Waals surface area contributed by atoms with Crippen molar-refractivity contribution in [1.82, 2.24) is 4.90 Å². The summed E-state index contributed by atoms with van der Waals surface area (Å²) in [4.78, 5) is 14.2. The molecule has 3 rings (SSSR count). The second kappa shape index (κ2) is 6.66. The molecule has 1 saturated heterocycles. The summed E-state index contributed by atoms with van der Waals surface area (Å²) < 4.78 is 0. The first-order valence-electron chi connectivity index (χ1n) is 8.35. The van der Waals surface area contributed by atoms with Crippen molar-refractivity contribution in [2.45, 2.75) is 38.7 Å². The molecule has 3 nitrogen and oxygen atoms in total. The van der Waals surface area contributed by atoms with E-state index in [2.05, 4.69) is 6.92 Å². The topological polar surface area (TPSA) is 40.5 Å². The van der Waals surface area contributed by atoms with Crippen LogP contribution in [0.4, 0.5) is 0 Å². The zero-order valence-corrected chi connectivity index (χ0v) is 13.2. The standard InChI is InChI=1S/C19H25NO2/c1-14(15-7-8-15)13-18(21)20-11-9-17(10-12-20)19(22)16-5-3-2-4-6-16/h2-6,13,15,17,19,22H,7-12H2,1H3/b14-13-. The maximum absolute atomic E-state index is 12.3. The zero-order valence-electron chi connectivity index (χ0n) is 13.2. The largest absolute Gasteiger partial charge is 0.388 e. The van der Waals surface area contributed by atoms with Crippen molar-refractivity contribution < 1.29 is 9.90 Å². The molecule has 0 radical (unpaired) electrons. The van der Waals surface area contributed by atoms with Gasteiger partial charge in [-0.3, -0.25) is 4.79 Å². The predicted molar refractivity (Wildman–Crippen MR) is 87.2 cm³/mol. The van der Waals surface area contributed by atoms with Gasteiger partial charge in [-0.1, -0.05) is 35.9 Å². The average molecular weight is 299 g/mol. The second-order valence-electron chi connectivity index (χ2n) is 6.68. The minimum Gasteiger partial charge on any atom is -0.388 e. The number of amides is 1. The SMILES string of the molecule is C/C(=C/C(=O)N1CCC(C(O)c2ccccc2)CC1)C1CC1. The maximum Gasteiger partial charge on any atom is 0.246 e. The number of nitrogens with zero attached hydrogens (tertiary/aromatic N) is 1. The number of piperidine rings is 1. The van der Waals surface area contributed by atoms with E-state index in [9.17, 15) is 9.90 Å². The van der Waals surface area contributed by atoms with E-state index in [4.69, 9.17) is 0 Å². The van der Waals surface area contributed by atoms with Crippen LogP contribution in [0, 0.1) is 11.8 Å². The Morgan fingerprint density at radius 2 is 1.82 bits per heavy atom. The Balaban J connectivity index is 1.54. The van der Waals surface area contributed by atoms with Crippen molar-refractivity contribution in [3.05, 3.63) is 47.5 Å². The molecule has 0 spiro atoms. The Morgan fingerprint density at radius 3 is 2.41 bits per heavy atom. The Hall–Kier alpha value is -1.61. The monoisotopic (exact) mass is 299 g/mol. The van der Waals surface area contributed by atoms with Gasteiger partial charge < -0.3 is 10.0 Å². The van der Waals surface area contributed by atoms with Gasteiger partial charge in [-0.15, -0.1) is 0 Å². The number of hydrogen-bond donors (Lipinski definition) is 1. The van der Waals surface area contributed by atoms with Gasteiger partial charge >= 0.3 is 0 Å². The molecular weight excluding hydrogens is 274 g/mol. The van der Waals surface area contributed by atoms with Gasteiger partial charge in [0.25, 0.3) is 0 Å². The van der Waals surface area contributed by atoms with Gasteiger partial charge in [-0.05, 0) is 50.0 Å². The fraction of sp³-hybridized carbons (Fsp3) is 0.526. The average Bonchev–Trinajstić information content (AvgIpc) is 3.40. The van der Waals surface area contributed by atoms with Gasteiger partial charge in [-0.2, -0.15) is 0 Å². The van der Waals surface area contributed by atoms with Gasteiger partial charge in [0.2, 0.25) is 5.91 Å². The van der Waals surface area contributed by atoms with Crippen molar-refractivity contribution in [2.75, 3.05) is 13.1 Å². The van der Waals surface area contributed by atoms with Crippen LogP contribution in [0.25, 0.3) is 0 Å². The summed E-state index contributed by atoms with van der Waals surface area (Å²) in [7, 11) is 0. The lowest BCUT2D eigenvalue weighted by molar-refractivity contribution is -0.128. The van der Waals surface area contributed by atoms with E-state index in [1.165, 1.54) is 18.4 Å². The Labute approximate surface area is 132 Å². The number of carbonyl (C=O) groups is 1. The van der Waals surface area contributed by atoms with Crippen LogP contribution >= 0.6 is 0 Å². The zero-order chi connectivity index (χ0) is 15.5. The summed E-state index contributed by atoms with van der Waals surface area (Å²) in [6.07, 6.45) is 5.63. The van der Waals surface area contributed by atoms with Crippen molar-refractivity contribution in [1.29, 1.82) is 0 Å². The third-order valence-corrected chi connectivity index (χ3v) is 5.01. The van der Waals surface area contributed by atoms with Crippen LogP contribution in [0.15, 0.2) is 42.0 Å². The molecule has 0 aromatic heterocycles. The summed E-state index contributed by atoms with van der Waals surface area (Å²) in [5, 5.41) is 10.5. The number of aliphatic hydroxyl groups excluding tert-OH is 1. The first kappa shape index (κ1) is 15.3. The molecule has 1 unspecified atom stereocenters. The number of likely N-dealkylation sites (tertiary alicyclic amines) is 1. The van der Waals surface area contributed by atoms with Crippen molar-refractivity contribution in [2.24, 2.45) is 11.8 Å². The van der Waals surface area contributed by atoms with Crippen molar-refractivity contribution >= 4 is 5.91 Å². The normalized spacial score (nSPS) is 21.7. The molecule has 118 valence electrons. The molecule has 1 aromatic rings. The van der Waals surface area contributed by atoms with E-state index in [1.54, 1.807) is 0 Å². The second-order valence-corrected chi connectivity index (χ2v) is 6.68. The molecule has 1 heterocycles. The molecule has 2 aliphatic rings. The van der Waals surface area contributed by atoms with E-state index >= 15 is 0 Å². The van der Waals surface area contributed by atoms with E-state index in [-0.39, 0.29) is 11.8 Å². The van der Waals surface area contributed by atoms with E-state index in [0.717, 1.165) is 31.5 Å². The van der Waals surface area contributed by atoms with Crippen molar-refractivity contribution in [3.63, 3.8) is 0 Å². The fourth-order valence-electron chi connectivity index (χ4n) is 3.30. The van der Waals surface area contributed by atoms with Crippen LogP contribution in [-0.2, 0) is 4.79 Å². The highest BCUT2D eigenvalue weighted by atomic mass is 16.3. The minimum absolute atomic E-state index is 0.150. The van der Waals surface area contributed by atoms with Crippen LogP contribution < -0.4 is 0 Å². The van der Waals surface area contributed by atoms with Crippen LogP contribution in [0.1, 0.15) is 44.3 Å². The predicted octanol–water partition coefficient (Wildman–Crippen LogP) is 3.31. The summed E-state index contributed by atoms with van der Waals surface area (Å²) in [5.74, 6) is 1.05. The molecule has 1 amide bonds. The van der Waals surface area contributed by atoms with E-state index in [0.29, 0.717) is 5.92 Å². The van der Waals surface area contributed by atoms with E-state index < -0.39 is 6.10 Å². The van der Waals surface area contributed by atoms with Crippen LogP contribution in [0.5, 0.6) is 0 Å². The molecule has 1 N–H and O–H groups in total. The summed E-state index contributed by atoms with van der Waals surface area (Å²) in [6, 6.07) is 9.84. The smallest absolute Gasteiger partial charge is 0.246 e. The van der Waals surface area contributed by atoms with Crippen molar-refractivity contribution in [3.8, 4) is 0 Å². The Morgan fingerprint density at radius 1 is 1.18 bits per heavy atom. The number of hydrogen-bond acceptors (Lipinski definition) is 2. The lowest BCUT2D eigenvalue weighted by atomic mass is 9.87. The molecule has 0 bridgehead atoms. The number of carbonyl (C=O) groups excluding carboxylic acids is 1. The van der Waals surface area contributed by atoms with Gasteiger partial charge in [-0.25, -0.2) is 0 Å². The molecule has 1 aliphatic carbocycles. The molecule has 2 fully saturated rings. The number of rotatable bonds is 4. The van der Waals surface area contributed by atoms with Gasteiger partial charge in [0.1, 0.15) is 0 Å². The third-order valence-electron chi connectivity index (χ3n) is 5.01. The first-order chi connectivity index (χ1) is 10.6. The minimum atomic E-state index is -0.415. The third kappa shape index (κ3) is 3.58. The summed E-state index contributed by atoms with van der Waals surface area (Å²) >= 11 is 0.